The van der Waals surface area contributed by atoms with Crippen LogP contribution in [0.3, 0.4) is 0 Å². The number of hydrogen-bond acceptors (Lipinski definition) is 42. The lowest BCUT2D eigenvalue weighted by atomic mass is 9.76. The molecule has 0 aromatic heterocycles. The molecular weight excluding hydrogens is 1520 g/mol. The molecule has 0 saturated carbocycles. The van der Waals surface area contributed by atoms with Crippen LogP contribution in [0.15, 0.2) is 24.3 Å². The number of ether oxygens (including phenoxy) is 18. The summed E-state index contributed by atoms with van der Waals surface area (Å²) in [5, 5.41) is 206. The van der Waals surface area contributed by atoms with Gasteiger partial charge in [0, 0.05) is 43.6 Å². The minimum Gasteiger partial charge on any atom is -0.465 e. The standard InChI is InChI=1S/C24H39NO13.C19H30O13.C12H22O11.C11H20O4.H4P2/c1-23(2,10-25)9-24(3,4)22(32)33-6-5-13-34-8-12-19(37-13)16(29)18(31)21(36-12)38-20-17(30)15(28)14(27)11(7-26)35-20;1-7(2)17(26)27-4-3-10-28-6-9-16(31-10)13(23)15(25)19(30-9)32-18-14(24)12(22)11(21)8(5-20)29-18;13-1-3-5(15)7(17)9(19)11(21-3)23-12-10(20)8(18)6(16)4(2-14)22-12;1-5-13-10(14-6-2)7-8-15-11(12)9(3)4;1-2/h11-21,26-31H,5-9H2,1-4H3;8-16,18-25H,1,3-6H2,2H3;3-20H,1-2H2;10H,3,5-8H2,1-2,4H3;1-2H2/t11-,12-,13?,14-,15+,16-,17-,18-,19-,20+,21-;8-,9-,10?,11-,12+,13-,14-,15-,16-,18-,19-;3-,4-,5-,6-,7+,8+,9-,10-,11-,12+;;/m111../s1. The molecule has 640 valence electrons. The van der Waals surface area contributed by atoms with Crippen molar-refractivity contribution in [2.45, 2.75) is 284 Å². The van der Waals surface area contributed by atoms with Crippen LogP contribution in [-0.2, 0) is 99.6 Å². The van der Waals surface area contributed by atoms with Gasteiger partial charge in [-0.1, -0.05) is 13.2 Å². The van der Waals surface area contributed by atoms with E-state index in [1.807, 2.05) is 13.8 Å². The predicted octanol–water partition coefficient (Wildman–Crippen LogP) is -8.46. The Bertz CT molecular complexity index is 2730. The van der Waals surface area contributed by atoms with Crippen molar-refractivity contribution in [3.8, 4) is 6.07 Å². The van der Waals surface area contributed by atoms with Crippen molar-refractivity contribution in [3.63, 3.8) is 0 Å². The first-order chi connectivity index (χ1) is 51.8. The van der Waals surface area contributed by atoms with Gasteiger partial charge in [-0.2, -0.15) is 5.26 Å². The molecule has 0 aromatic rings. The molecule has 44 heteroatoms. The number of carbonyl (C=O) groups is 3. The molecule has 0 bridgehead atoms. The molecule has 0 amide bonds. The molecule has 42 nitrogen and oxygen atoms in total. The van der Waals surface area contributed by atoms with E-state index in [0.29, 0.717) is 31.6 Å². The summed E-state index contributed by atoms with van der Waals surface area (Å²) < 4.78 is 96.2. The van der Waals surface area contributed by atoms with Gasteiger partial charge in [-0.05, 0) is 61.8 Å². The van der Waals surface area contributed by atoms with Gasteiger partial charge in [0.25, 0.3) is 0 Å². The number of nitrogens with zero attached hydrogens (tertiary/aromatic N) is 1. The SMILES string of the molecule is C=C(C)C(=O)OCCC(OCC)OCC.C=C(C)C(=O)OCCC1OC[C@H]2O[C@H](O[C@H]3O[C@H](CO)[C@@H](O)[C@H](O)[C@H]3O)[C@H](O)[C@@H](O)[C@@H]2O1.CC(C)(C#N)CC(C)(C)C(=O)OCCC1OC[C@H]2O[C@H](O[C@@H]3O[C@H](CO)[C@@H](O)[C@H](O)[C@H]3O)[C@H](O)[C@@H](O)[C@@H]2O1.OC[C@H]1O[C@@H](O[C@H]2O[C@H](CO)[C@@H](O)[C@H](O)[C@H]2O)[C@H](O)[C@@H](O)[C@@H]1O.PP. The van der Waals surface area contributed by atoms with Crippen LogP contribution in [0.5, 0.6) is 0 Å². The van der Waals surface area contributed by atoms with Gasteiger partial charge < -0.3 is 187 Å². The zero-order valence-corrected chi connectivity index (χ0v) is 64.5. The predicted molar refractivity (Wildman–Crippen MR) is 370 cm³/mol. The number of nitriles is 1. The summed E-state index contributed by atoms with van der Waals surface area (Å²) in [6.45, 7) is 19.4. The summed E-state index contributed by atoms with van der Waals surface area (Å²) in [5.74, 6) is -1.40. The zero-order valence-electron chi connectivity index (χ0n) is 62.2. The number of aliphatic hydroxyl groups is 20. The van der Waals surface area contributed by atoms with E-state index in [2.05, 4.69) is 37.1 Å². The monoisotopic (exact) mass is 1640 g/mol. The van der Waals surface area contributed by atoms with Crippen LogP contribution in [0, 0.1) is 22.2 Å². The highest BCUT2D eigenvalue weighted by Gasteiger charge is 2.56. The van der Waals surface area contributed by atoms with Crippen LogP contribution in [0.4, 0.5) is 0 Å². The molecule has 20 N–H and O–H groups in total. The van der Waals surface area contributed by atoms with Crippen LogP contribution in [0.25, 0.3) is 0 Å². The lowest BCUT2D eigenvalue weighted by molar-refractivity contribution is -0.398. The number of rotatable bonds is 28. The van der Waals surface area contributed by atoms with E-state index in [4.69, 9.17) is 95.5 Å². The molecule has 8 aliphatic rings. The Balaban J connectivity index is 0.000000322. The average molecular weight is 1640 g/mol. The van der Waals surface area contributed by atoms with Gasteiger partial charge in [0.05, 0.1) is 76.4 Å². The first-order valence-corrected chi connectivity index (χ1v) is 38.0. The Hall–Kier alpha value is -3.16. The fourth-order valence-corrected chi connectivity index (χ4v) is 11.9. The maximum atomic E-state index is 12.5. The fraction of sp³-hybridized carbons (Fsp3) is 0.879. The second-order valence-corrected chi connectivity index (χ2v) is 27.7. The molecule has 8 aliphatic heterocycles. The van der Waals surface area contributed by atoms with Crippen LogP contribution < -0.4 is 0 Å². The third-order valence-corrected chi connectivity index (χ3v) is 17.9. The zero-order chi connectivity index (χ0) is 83.0. The summed E-state index contributed by atoms with van der Waals surface area (Å²) in [6.07, 6.45) is -44.9. The highest BCUT2D eigenvalue weighted by Crippen LogP contribution is 2.38. The van der Waals surface area contributed by atoms with Crippen molar-refractivity contribution in [1.29, 1.82) is 5.26 Å². The lowest BCUT2D eigenvalue weighted by Gasteiger charge is -2.48. The molecule has 0 aliphatic carbocycles. The average Bonchev–Trinajstić information content (AvgIpc) is 0.785. The molecule has 0 aromatic carbocycles. The normalized spacial score (nSPS) is 39.1. The molecule has 0 spiro atoms. The second-order valence-electron chi connectivity index (χ2n) is 27.7. The van der Waals surface area contributed by atoms with E-state index in [1.54, 1.807) is 34.6 Å². The van der Waals surface area contributed by atoms with Gasteiger partial charge in [0.15, 0.2) is 56.6 Å². The number of esters is 3. The number of aliphatic hydroxyl groups excluding tert-OH is 20. The summed E-state index contributed by atoms with van der Waals surface area (Å²) in [4.78, 5) is 35.0. The number of hydrogen-bond donors (Lipinski definition) is 20. The number of fused-ring (bicyclic) bond motifs is 2. The largest absolute Gasteiger partial charge is 0.465 e. The van der Waals surface area contributed by atoms with Crippen LogP contribution in [0.2, 0.25) is 0 Å². The van der Waals surface area contributed by atoms with Crippen molar-refractivity contribution >= 4 is 35.8 Å². The van der Waals surface area contributed by atoms with E-state index in [-0.39, 0.29) is 63.7 Å². The van der Waals surface area contributed by atoms with E-state index >= 15 is 0 Å². The quantitative estimate of drug-likeness (QED) is 0.0114. The summed E-state index contributed by atoms with van der Waals surface area (Å²) in [7, 11) is 4.67. The molecule has 8 fully saturated rings. The van der Waals surface area contributed by atoms with Crippen LogP contribution in [-0.4, -0.2) is 396 Å². The van der Waals surface area contributed by atoms with Crippen molar-refractivity contribution in [2.75, 3.05) is 72.7 Å². The third kappa shape index (κ3) is 27.7. The lowest BCUT2D eigenvalue weighted by Crippen LogP contribution is -2.65. The Labute approximate surface area is 638 Å². The molecular formula is C66H115NO41P2. The summed E-state index contributed by atoms with van der Waals surface area (Å²) in [5.41, 5.74) is -0.929. The fourth-order valence-electron chi connectivity index (χ4n) is 11.9. The maximum absolute atomic E-state index is 12.5. The first kappa shape index (κ1) is 99.2. The van der Waals surface area contributed by atoms with Gasteiger partial charge in [0.1, 0.15) is 146 Å². The van der Waals surface area contributed by atoms with E-state index in [9.17, 15) is 112 Å². The van der Waals surface area contributed by atoms with Crippen LogP contribution in [0.1, 0.15) is 81.1 Å². The van der Waals surface area contributed by atoms with Crippen molar-refractivity contribution < 1.29 is 202 Å². The highest BCUT2D eigenvalue weighted by molar-refractivity contribution is 7.92. The second kappa shape index (κ2) is 47.3. The molecule has 8 heterocycles. The van der Waals surface area contributed by atoms with Gasteiger partial charge in [-0.15, -0.1) is 17.9 Å². The molecule has 34 atom stereocenters. The molecule has 8 rings (SSSR count). The molecule has 110 heavy (non-hydrogen) atoms. The molecule has 0 radical (unpaired) electrons. The van der Waals surface area contributed by atoms with Crippen molar-refractivity contribution in [3.05, 3.63) is 24.3 Å². The Kier molecular flexibility index (Phi) is 42.6. The van der Waals surface area contributed by atoms with Crippen LogP contribution >= 0.6 is 17.9 Å². The van der Waals surface area contributed by atoms with E-state index < -0.39 is 246 Å². The summed E-state index contributed by atoms with van der Waals surface area (Å²) >= 11 is 0. The topological polar surface area (TPSA) is 646 Å². The minimum absolute atomic E-state index is 0.00387. The Morgan fingerprint density at radius 1 is 0.445 bits per heavy atom. The van der Waals surface area contributed by atoms with Gasteiger partial charge in [-0.3, -0.25) is 4.79 Å². The first-order valence-electron chi connectivity index (χ1n) is 35.3. The smallest absolute Gasteiger partial charge is 0.333 e. The molecule has 8 saturated heterocycles. The van der Waals surface area contributed by atoms with Gasteiger partial charge in [-0.25, -0.2) is 9.59 Å². The van der Waals surface area contributed by atoms with Crippen molar-refractivity contribution in [2.24, 2.45) is 10.8 Å². The Morgan fingerprint density at radius 3 is 1.03 bits per heavy atom. The van der Waals surface area contributed by atoms with Crippen molar-refractivity contribution in [1.82, 2.24) is 0 Å². The molecule has 4 unspecified atom stereocenters. The third-order valence-electron chi connectivity index (χ3n) is 17.9. The van der Waals surface area contributed by atoms with Gasteiger partial charge in [0.2, 0.25) is 0 Å². The Morgan fingerprint density at radius 2 is 0.736 bits per heavy atom. The highest BCUT2D eigenvalue weighted by atomic mass is 32.0. The van der Waals surface area contributed by atoms with Gasteiger partial charge >= 0.3 is 17.9 Å². The summed E-state index contributed by atoms with van der Waals surface area (Å²) in [6, 6.07) is 2.17. The van der Waals surface area contributed by atoms with E-state index in [0.717, 1.165) is 0 Å². The maximum Gasteiger partial charge on any atom is 0.333 e. The number of carbonyl (C=O) groups excluding carboxylic acids is 3. The minimum atomic E-state index is -1.72. The van der Waals surface area contributed by atoms with E-state index in [1.165, 1.54) is 6.92 Å².